The third-order valence-electron chi connectivity index (χ3n) is 4.56. The van der Waals surface area contributed by atoms with Crippen molar-refractivity contribution in [3.63, 3.8) is 0 Å². The van der Waals surface area contributed by atoms with E-state index in [1.165, 1.54) is 11.3 Å². The molecule has 5 heteroatoms. The molecular formula is C13H18N4O. The predicted molar refractivity (Wildman–Crippen MR) is 66.4 cm³/mol. The number of fused-ring (bicyclic) bond motifs is 1. The van der Waals surface area contributed by atoms with Gasteiger partial charge in [0, 0.05) is 42.9 Å². The van der Waals surface area contributed by atoms with Crippen molar-refractivity contribution in [3.05, 3.63) is 17.0 Å². The largest absolute Gasteiger partial charge is 0.336 e. The third-order valence-corrected chi connectivity index (χ3v) is 4.56. The molecule has 2 fully saturated rings. The SMILES string of the molecule is CN1CC2(C1)CN(C(=O)c1n[nH]c3c1CCC3)C2. The zero-order valence-corrected chi connectivity index (χ0v) is 10.7. The first-order chi connectivity index (χ1) is 8.67. The fraction of sp³-hybridized carbons (Fsp3) is 0.692. The van der Waals surface area contributed by atoms with E-state index in [-0.39, 0.29) is 5.91 Å². The summed E-state index contributed by atoms with van der Waals surface area (Å²) in [5.41, 5.74) is 3.44. The fourth-order valence-electron chi connectivity index (χ4n) is 3.85. The lowest BCUT2D eigenvalue weighted by Crippen LogP contribution is -2.72. The molecule has 1 amide bonds. The molecular weight excluding hydrogens is 228 g/mol. The number of hydrogen-bond donors (Lipinski definition) is 1. The van der Waals surface area contributed by atoms with E-state index in [0.29, 0.717) is 11.1 Å². The van der Waals surface area contributed by atoms with Crippen molar-refractivity contribution >= 4 is 5.91 Å². The maximum Gasteiger partial charge on any atom is 0.274 e. The van der Waals surface area contributed by atoms with Crippen LogP contribution in [0.1, 0.15) is 28.2 Å². The van der Waals surface area contributed by atoms with Crippen molar-refractivity contribution in [2.24, 2.45) is 5.41 Å². The summed E-state index contributed by atoms with van der Waals surface area (Å²) in [6.07, 6.45) is 3.21. The Labute approximate surface area is 106 Å². The van der Waals surface area contributed by atoms with Gasteiger partial charge in [-0.1, -0.05) is 0 Å². The molecule has 3 aliphatic rings. The number of carbonyl (C=O) groups is 1. The minimum Gasteiger partial charge on any atom is -0.336 e. The molecule has 0 unspecified atom stereocenters. The quantitative estimate of drug-likeness (QED) is 0.774. The lowest BCUT2D eigenvalue weighted by molar-refractivity contribution is -0.0873. The molecule has 96 valence electrons. The van der Waals surface area contributed by atoms with Crippen LogP contribution in [0.2, 0.25) is 0 Å². The summed E-state index contributed by atoms with van der Waals surface area (Å²) in [5, 5.41) is 7.24. The molecule has 1 aromatic heterocycles. The minimum atomic E-state index is 0.134. The molecule has 0 saturated carbocycles. The van der Waals surface area contributed by atoms with E-state index in [1.54, 1.807) is 0 Å². The van der Waals surface area contributed by atoms with Crippen LogP contribution in [0.3, 0.4) is 0 Å². The maximum atomic E-state index is 12.4. The average molecular weight is 246 g/mol. The summed E-state index contributed by atoms with van der Waals surface area (Å²) in [6, 6.07) is 0. The van der Waals surface area contributed by atoms with Gasteiger partial charge < -0.3 is 9.80 Å². The zero-order valence-electron chi connectivity index (χ0n) is 10.7. The van der Waals surface area contributed by atoms with Gasteiger partial charge in [-0.3, -0.25) is 9.89 Å². The first-order valence-electron chi connectivity index (χ1n) is 6.71. The summed E-state index contributed by atoms with van der Waals surface area (Å²) in [6.45, 7) is 4.10. The number of H-pyrrole nitrogens is 1. The standard InChI is InChI=1S/C13H18N4O/c1-16-5-13(6-16)7-17(8-13)12(18)11-9-3-2-4-10(9)14-15-11/h2-8H2,1H3,(H,14,15). The Balaban J connectivity index is 1.48. The van der Waals surface area contributed by atoms with Gasteiger partial charge in [0.25, 0.3) is 5.91 Å². The van der Waals surface area contributed by atoms with Crippen molar-refractivity contribution in [3.8, 4) is 0 Å². The molecule has 2 saturated heterocycles. The molecule has 0 bridgehead atoms. The second kappa shape index (κ2) is 3.35. The van der Waals surface area contributed by atoms with Gasteiger partial charge in [-0.15, -0.1) is 0 Å². The summed E-state index contributed by atoms with van der Waals surface area (Å²) in [7, 11) is 2.14. The molecule has 1 spiro atoms. The van der Waals surface area contributed by atoms with Crippen LogP contribution in [0.5, 0.6) is 0 Å². The predicted octanol–water partition coefficient (Wildman–Crippen LogP) is 0.286. The Morgan fingerprint density at radius 1 is 1.28 bits per heavy atom. The van der Waals surface area contributed by atoms with Crippen LogP contribution in [0.25, 0.3) is 0 Å². The van der Waals surface area contributed by atoms with Gasteiger partial charge in [0.05, 0.1) is 0 Å². The van der Waals surface area contributed by atoms with Crippen molar-refractivity contribution in [1.82, 2.24) is 20.0 Å². The molecule has 18 heavy (non-hydrogen) atoms. The summed E-state index contributed by atoms with van der Waals surface area (Å²) < 4.78 is 0. The van der Waals surface area contributed by atoms with Gasteiger partial charge in [0.1, 0.15) is 0 Å². The van der Waals surface area contributed by atoms with Crippen LogP contribution in [-0.4, -0.2) is 59.1 Å². The van der Waals surface area contributed by atoms with Gasteiger partial charge in [-0.05, 0) is 26.3 Å². The van der Waals surface area contributed by atoms with Crippen LogP contribution in [0.4, 0.5) is 0 Å². The van der Waals surface area contributed by atoms with Gasteiger partial charge in [-0.25, -0.2) is 0 Å². The highest BCUT2D eigenvalue weighted by Crippen LogP contribution is 2.39. The van der Waals surface area contributed by atoms with E-state index in [9.17, 15) is 4.79 Å². The first kappa shape index (κ1) is 10.6. The molecule has 1 aromatic rings. The number of hydrogen-bond acceptors (Lipinski definition) is 3. The van der Waals surface area contributed by atoms with E-state index in [2.05, 4.69) is 22.1 Å². The molecule has 0 atom stereocenters. The zero-order chi connectivity index (χ0) is 12.3. The van der Waals surface area contributed by atoms with E-state index in [4.69, 9.17) is 0 Å². The van der Waals surface area contributed by atoms with E-state index in [1.807, 2.05) is 4.90 Å². The molecule has 3 heterocycles. The highest BCUT2D eigenvalue weighted by atomic mass is 16.2. The van der Waals surface area contributed by atoms with Crippen LogP contribution >= 0.6 is 0 Å². The molecule has 2 aliphatic heterocycles. The average Bonchev–Trinajstić information content (AvgIpc) is 2.81. The van der Waals surface area contributed by atoms with Crippen LogP contribution in [0, 0.1) is 5.41 Å². The molecule has 1 N–H and O–H groups in total. The van der Waals surface area contributed by atoms with E-state index < -0.39 is 0 Å². The summed E-state index contributed by atoms with van der Waals surface area (Å²) >= 11 is 0. The number of aromatic amines is 1. The van der Waals surface area contributed by atoms with Gasteiger partial charge in [-0.2, -0.15) is 5.10 Å². The lowest BCUT2D eigenvalue weighted by Gasteiger charge is -2.59. The van der Waals surface area contributed by atoms with Crippen molar-refractivity contribution in [2.75, 3.05) is 33.2 Å². The van der Waals surface area contributed by atoms with Crippen molar-refractivity contribution in [1.29, 1.82) is 0 Å². The number of aromatic nitrogens is 2. The molecule has 4 rings (SSSR count). The van der Waals surface area contributed by atoms with Gasteiger partial charge in [0.2, 0.25) is 0 Å². The Hall–Kier alpha value is -1.36. The highest BCUT2D eigenvalue weighted by molar-refractivity contribution is 5.94. The number of carbonyl (C=O) groups excluding carboxylic acids is 1. The summed E-state index contributed by atoms with van der Waals surface area (Å²) in [4.78, 5) is 16.7. The lowest BCUT2D eigenvalue weighted by atomic mass is 9.73. The van der Waals surface area contributed by atoms with E-state index in [0.717, 1.165) is 45.4 Å². The fourth-order valence-corrected chi connectivity index (χ4v) is 3.85. The van der Waals surface area contributed by atoms with Crippen LogP contribution < -0.4 is 0 Å². The third kappa shape index (κ3) is 1.31. The summed E-state index contributed by atoms with van der Waals surface area (Å²) in [5.74, 6) is 0.134. The minimum absolute atomic E-state index is 0.134. The molecule has 5 nitrogen and oxygen atoms in total. The normalized spacial score (nSPS) is 24.8. The Morgan fingerprint density at radius 2 is 2.06 bits per heavy atom. The molecule has 1 aliphatic carbocycles. The van der Waals surface area contributed by atoms with Crippen molar-refractivity contribution in [2.45, 2.75) is 19.3 Å². The topological polar surface area (TPSA) is 52.2 Å². The highest BCUT2D eigenvalue weighted by Gasteiger charge is 2.52. The van der Waals surface area contributed by atoms with Crippen molar-refractivity contribution < 1.29 is 4.79 Å². The number of aryl methyl sites for hydroxylation is 1. The van der Waals surface area contributed by atoms with Crippen LogP contribution in [-0.2, 0) is 12.8 Å². The first-order valence-corrected chi connectivity index (χ1v) is 6.71. The van der Waals surface area contributed by atoms with Gasteiger partial charge >= 0.3 is 0 Å². The number of nitrogens with zero attached hydrogens (tertiary/aromatic N) is 3. The molecule has 0 radical (unpaired) electrons. The second-order valence-electron chi connectivity index (χ2n) is 6.22. The maximum absolute atomic E-state index is 12.4. The second-order valence-corrected chi connectivity index (χ2v) is 6.22. The monoisotopic (exact) mass is 246 g/mol. The Kier molecular flexibility index (Phi) is 1.96. The smallest absolute Gasteiger partial charge is 0.274 e. The van der Waals surface area contributed by atoms with Gasteiger partial charge in [0.15, 0.2) is 5.69 Å². The number of nitrogens with one attached hydrogen (secondary N) is 1. The number of amides is 1. The van der Waals surface area contributed by atoms with E-state index >= 15 is 0 Å². The Bertz CT molecular complexity index is 507. The van der Waals surface area contributed by atoms with Crippen LogP contribution in [0.15, 0.2) is 0 Å². The number of rotatable bonds is 1. The molecule has 0 aromatic carbocycles. The Morgan fingerprint density at radius 3 is 2.78 bits per heavy atom. The number of likely N-dealkylation sites (tertiary alicyclic amines) is 2.